The highest BCUT2D eigenvalue weighted by Gasteiger charge is 2.25. The van der Waals surface area contributed by atoms with Crippen LogP contribution in [-0.4, -0.2) is 58.6 Å². The number of carbonyl (C=O) groups is 1. The molecular formula is C28H30N4O3S2. The molecule has 192 valence electrons. The number of hydrogen-bond acceptors (Lipinski definition) is 7. The standard InChI is InChI=1S/C28H30N4O3S2/c1-34-22-10-11-24(35-2)23(18-22)32-27(25-9-6-16-36-25)29-30-28(32)37-19-26(33)31-14-12-21(13-15-31)17-20-7-4-3-5-8-20/h3-11,16,18,21H,12-15,17,19H2,1-2H3. The molecule has 2 aromatic carbocycles. The molecule has 1 aliphatic rings. The summed E-state index contributed by atoms with van der Waals surface area (Å²) in [6.45, 7) is 1.60. The minimum absolute atomic E-state index is 0.132. The Morgan fingerprint density at radius 3 is 2.54 bits per heavy atom. The van der Waals surface area contributed by atoms with Gasteiger partial charge in [-0.15, -0.1) is 21.5 Å². The second kappa shape index (κ2) is 11.8. The molecular weight excluding hydrogens is 504 g/mol. The number of rotatable bonds is 9. The largest absolute Gasteiger partial charge is 0.497 e. The zero-order valence-electron chi connectivity index (χ0n) is 21.0. The molecule has 2 aromatic heterocycles. The lowest BCUT2D eigenvalue weighted by Crippen LogP contribution is -2.39. The molecule has 0 bridgehead atoms. The average Bonchev–Trinajstić information content (AvgIpc) is 3.62. The molecule has 0 aliphatic carbocycles. The number of carbonyl (C=O) groups excluding carboxylic acids is 1. The number of hydrogen-bond donors (Lipinski definition) is 0. The molecule has 4 aromatic rings. The van der Waals surface area contributed by atoms with Crippen LogP contribution in [-0.2, 0) is 11.2 Å². The van der Waals surface area contributed by atoms with Crippen LogP contribution in [0.15, 0.2) is 71.2 Å². The summed E-state index contributed by atoms with van der Waals surface area (Å²) in [5.74, 6) is 3.14. The SMILES string of the molecule is COc1ccc(OC)c(-n2c(SCC(=O)N3CCC(Cc4ccccc4)CC3)nnc2-c2cccs2)c1. The molecule has 1 fully saturated rings. The van der Waals surface area contributed by atoms with Gasteiger partial charge in [-0.3, -0.25) is 9.36 Å². The van der Waals surface area contributed by atoms with Crippen molar-refractivity contribution in [3.63, 3.8) is 0 Å². The lowest BCUT2D eigenvalue weighted by atomic mass is 9.90. The van der Waals surface area contributed by atoms with E-state index in [1.54, 1.807) is 25.6 Å². The van der Waals surface area contributed by atoms with E-state index in [-0.39, 0.29) is 5.91 Å². The number of methoxy groups -OCH3 is 2. The van der Waals surface area contributed by atoms with E-state index in [1.807, 2.05) is 45.2 Å². The zero-order chi connectivity index (χ0) is 25.6. The van der Waals surface area contributed by atoms with Crippen molar-refractivity contribution in [2.45, 2.75) is 24.4 Å². The molecule has 9 heteroatoms. The van der Waals surface area contributed by atoms with Crippen molar-refractivity contribution in [3.8, 4) is 27.9 Å². The highest BCUT2D eigenvalue weighted by Crippen LogP contribution is 2.36. The first kappa shape index (κ1) is 25.4. The van der Waals surface area contributed by atoms with Gasteiger partial charge in [0, 0.05) is 19.2 Å². The Morgan fingerprint density at radius 2 is 1.84 bits per heavy atom. The maximum atomic E-state index is 13.1. The van der Waals surface area contributed by atoms with Crippen LogP contribution in [0, 0.1) is 5.92 Å². The van der Waals surface area contributed by atoms with Crippen molar-refractivity contribution < 1.29 is 14.3 Å². The number of likely N-dealkylation sites (tertiary alicyclic amines) is 1. The van der Waals surface area contributed by atoms with E-state index in [4.69, 9.17) is 9.47 Å². The fourth-order valence-corrected chi connectivity index (χ4v) is 6.22. The minimum atomic E-state index is 0.132. The first-order valence-electron chi connectivity index (χ1n) is 12.3. The predicted molar refractivity (Wildman–Crippen MR) is 148 cm³/mol. The quantitative estimate of drug-likeness (QED) is 0.261. The first-order chi connectivity index (χ1) is 18.2. The van der Waals surface area contributed by atoms with Gasteiger partial charge in [-0.25, -0.2) is 0 Å². The van der Waals surface area contributed by atoms with Crippen molar-refractivity contribution in [1.29, 1.82) is 0 Å². The van der Waals surface area contributed by atoms with Gasteiger partial charge >= 0.3 is 0 Å². The maximum Gasteiger partial charge on any atom is 0.233 e. The van der Waals surface area contributed by atoms with Gasteiger partial charge in [0.25, 0.3) is 0 Å². The van der Waals surface area contributed by atoms with E-state index in [0.29, 0.717) is 34.2 Å². The summed E-state index contributed by atoms with van der Waals surface area (Å²) in [6, 6.07) is 20.2. The molecule has 1 aliphatic heterocycles. The number of nitrogens with zero attached hydrogens (tertiary/aromatic N) is 4. The summed E-state index contributed by atoms with van der Waals surface area (Å²) in [5, 5.41) is 11.6. The molecule has 0 saturated carbocycles. The Bertz CT molecular complexity index is 1320. The van der Waals surface area contributed by atoms with E-state index < -0.39 is 0 Å². The number of thioether (sulfide) groups is 1. The summed E-state index contributed by atoms with van der Waals surface area (Å²) >= 11 is 2.99. The minimum Gasteiger partial charge on any atom is -0.497 e. The van der Waals surface area contributed by atoms with Crippen LogP contribution in [0.2, 0.25) is 0 Å². The van der Waals surface area contributed by atoms with Gasteiger partial charge in [-0.05, 0) is 54.3 Å². The number of amides is 1. The third-order valence-electron chi connectivity index (χ3n) is 6.66. The zero-order valence-corrected chi connectivity index (χ0v) is 22.6. The summed E-state index contributed by atoms with van der Waals surface area (Å²) < 4.78 is 13.1. The number of benzene rings is 2. The third kappa shape index (κ3) is 5.83. The Hall–Kier alpha value is -3.30. The van der Waals surface area contributed by atoms with Crippen LogP contribution in [0.1, 0.15) is 18.4 Å². The van der Waals surface area contributed by atoms with Gasteiger partial charge in [-0.1, -0.05) is 48.2 Å². The van der Waals surface area contributed by atoms with Crippen molar-refractivity contribution in [2.75, 3.05) is 33.1 Å². The molecule has 0 spiro atoms. The second-order valence-corrected chi connectivity index (χ2v) is 10.8. The highest BCUT2D eigenvalue weighted by atomic mass is 32.2. The van der Waals surface area contributed by atoms with Gasteiger partial charge in [0.05, 0.1) is 30.5 Å². The highest BCUT2D eigenvalue weighted by molar-refractivity contribution is 7.99. The molecule has 1 saturated heterocycles. The molecule has 3 heterocycles. The van der Waals surface area contributed by atoms with Crippen LogP contribution in [0.25, 0.3) is 16.4 Å². The number of ether oxygens (including phenoxy) is 2. The van der Waals surface area contributed by atoms with Gasteiger partial charge in [0.2, 0.25) is 5.91 Å². The normalized spacial score (nSPS) is 14.1. The molecule has 7 nitrogen and oxygen atoms in total. The Kier molecular flexibility index (Phi) is 8.11. The molecule has 1 amide bonds. The van der Waals surface area contributed by atoms with Gasteiger partial charge in [0.1, 0.15) is 11.5 Å². The number of thiophene rings is 1. The van der Waals surface area contributed by atoms with Crippen LogP contribution in [0.4, 0.5) is 0 Å². The van der Waals surface area contributed by atoms with E-state index in [1.165, 1.54) is 17.3 Å². The summed E-state index contributed by atoms with van der Waals surface area (Å²) in [7, 11) is 3.27. The molecule has 0 N–H and O–H groups in total. The van der Waals surface area contributed by atoms with E-state index >= 15 is 0 Å². The van der Waals surface area contributed by atoms with Crippen LogP contribution in [0.3, 0.4) is 0 Å². The fourth-order valence-electron chi connectivity index (χ4n) is 4.67. The van der Waals surface area contributed by atoms with Crippen molar-refractivity contribution >= 4 is 29.0 Å². The predicted octanol–water partition coefficient (Wildman–Crippen LogP) is 5.59. The molecule has 0 unspecified atom stereocenters. The average molecular weight is 535 g/mol. The first-order valence-corrected chi connectivity index (χ1v) is 14.2. The third-order valence-corrected chi connectivity index (χ3v) is 8.44. The smallest absolute Gasteiger partial charge is 0.233 e. The fraction of sp³-hybridized carbons (Fsp3) is 0.321. The topological polar surface area (TPSA) is 69.5 Å². The Labute approximate surface area is 225 Å². The van der Waals surface area contributed by atoms with Crippen molar-refractivity contribution in [1.82, 2.24) is 19.7 Å². The molecule has 0 radical (unpaired) electrons. The summed E-state index contributed by atoms with van der Waals surface area (Å²) in [6.07, 6.45) is 3.14. The van der Waals surface area contributed by atoms with Crippen LogP contribution in [0.5, 0.6) is 11.5 Å². The van der Waals surface area contributed by atoms with Gasteiger partial charge < -0.3 is 14.4 Å². The van der Waals surface area contributed by atoms with Crippen LogP contribution >= 0.6 is 23.1 Å². The van der Waals surface area contributed by atoms with Crippen LogP contribution < -0.4 is 9.47 Å². The maximum absolute atomic E-state index is 13.1. The second-order valence-electron chi connectivity index (χ2n) is 8.96. The summed E-state index contributed by atoms with van der Waals surface area (Å²) in [5.41, 5.74) is 2.14. The molecule has 5 rings (SSSR count). The molecule has 37 heavy (non-hydrogen) atoms. The van der Waals surface area contributed by atoms with E-state index in [9.17, 15) is 4.79 Å². The molecule has 0 atom stereocenters. The van der Waals surface area contributed by atoms with Gasteiger partial charge in [0.15, 0.2) is 11.0 Å². The van der Waals surface area contributed by atoms with Crippen molar-refractivity contribution in [3.05, 3.63) is 71.6 Å². The summed E-state index contributed by atoms with van der Waals surface area (Å²) in [4.78, 5) is 16.1. The van der Waals surface area contributed by atoms with Gasteiger partial charge in [-0.2, -0.15) is 0 Å². The van der Waals surface area contributed by atoms with E-state index in [0.717, 1.165) is 42.9 Å². The lowest BCUT2D eigenvalue weighted by molar-refractivity contribution is -0.129. The van der Waals surface area contributed by atoms with E-state index in [2.05, 4.69) is 40.5 Å². The lowest BCUT2D eigenvalue weighted by Gasteiger charge is -2.32. The number of aromatic nitrogens is 3. The monoisotopic (exact) mass is 534 g/mol. The Morgan fingerprint density at radius 1 is 1.03 bits per heavy atom. The van der Waals surface area contributed by atoms with Crippen molar-refractivity contribution in [2.24, 2.45) is 5.92 Å². The Balaban J connectivity index is 1.30. The number of piperidine rings is 1.